The summed E-state index contributed by atoms with van der Waals surface area (Å²) in [7, 11) is -2.87. The van der Waals surface area contributed by atoms with Gasteiger partial charge in [-0.15, -0.1) is 9.79 Å². The second kappa shape index (κ2) is 13.6. The van der Waals surface area contributed by atoms with E-state index in [2.05, 4.69) is 102 Å². The molecule has 1 aromatic heterocycles. The van der Waals surface area contributed by atoms with Gasteiger partial charge in [0.1, 0.15) is 5.82 Å². The number of hydrogen-bond donors (Lipinski definition) is 2. The molecule has 4 rings (SSSR count). The van der Waals surface area contributed by atoms with Crippen molar-refractivity contribution < 1.29 is 14.4 Å². The Bertz CT molecular complexity index is 1140. The standard InChI is InChI=1S/C28H30N2.HO3P/c1-2-3-4-5-15-22-30-27(24-18-11-7-12-19-24)26(23-16-9-6-10-17-23)29-28(30)25-20-13-8-14-21-25;1-4(2)3/h6-14,16-21H,2-5,15,22H2,1H3;(H-,1,2,3)/p+1. The van der Waals surface area contributed by atoms with Gasteiger partial charge in [0.05, 0.1) is 11.4 Å². The number of benzene rings is 3. The molecule has 0 aliphatic carbocycles. The molecular formula is C28H32N2O3P+. The minimum atomic E-state index is -2.87. The monoisotopic (exact) mass is 475 g/mol. The van der Waals surface area contributed by atoms with Gasteiger partial charge in [0.25, 0.3) is 0 Å². The van der Waals surface area contributed by atoms with Gasteiger partial charge in [-0.25, -0.2) is 4.98 Å². The molecule has 0 aliphatic rings. The van der Waals surface area contributed by atoms with Crippen LogP contribution in [-0.4, -0.2) is 19.3 Å². The Hall–Kier alpha value is -3.11. The fourth-order valence-electron chi connectivity index (χ4n) is 4.04. The number of unbranched alkanes of at least 4 members (excludes halogenated alkanes) is 4. The number of rotatable bonds is 9. The molecular weight excluding hydrogens is 443 g/mol. The maximum absolute atomic E-state index is 8.70. The van der Waals surface area contributed by atoms with E-state index in [0.717, 1.165) is 18.1 Å². The van der Waals surface area contributed by atoms with Crippen molar-refractivity contribution in [1.82, 2.24) is 9.55 Å². The number of nitrogens with zero attached hydrogens (tertiary/aromatic N) is 2. The molecule has 0 aliphatic heterocycles. The Labute approximate surface area is 202 Å². The van der Waals surface area contributed by atoms with E-state index in [9.17, 15) is 0 Å². The predicted octanol–water partition coefficient (Wildman–Crippen LogP) is 7.48. The molecule has 176 valence electrons. The molecule has 34 heavy (non-hydrogen) atoms. The zero-order valence-electron chi connectivity index (χ0n) is 19.5. The normalized spacial score (nSPS) is 10.4. The summed E-state index contributed by atoms with van der Waals surface area (Å²) in [6.45, 7) is 3.25. The summed E-state index contributed by atoms with van der Waals surface area (Å²) in [5, 5.41) is 0. The van der Waals surface area contributed by atoms with Crippen LogP contribution in [0.5, 0.6) is 0 Å². The Morgan fingerprint density at radius 2 is 1.18 bits per heavy atom. The first kappa shape index (κ1) is 25.5. The molecule has 0 bridgehead atoms. The molecule has 2 N–H and O–H groups in total. The maximum atomic E-state index is 8.70. The molecule has 5 nitrogen and oxygen atoms in total. The van der Waals surface area contributed by atoms with Gasteiger partial charge < -0.3 is 4.57 Å². The quantitative estimate of drug-likeness (QED) is 0.194. The SMILES string of the molecule is CCCCCCCn1c(-c2ccccc2)nc(-c2ccccc2)c1-c1ccccc1.O=[P+](O)O. The zero-order valence-corrected chi connectivity index (χ0v) is 20.4. The van der Waals surface area contributed by atoms with Crippen LogP contribution in [0.15, 0.2) is 91.0 Å². The molecule has 3 aromatic carbocycles. The van der Waals surface area contributed by atoms with Crippen LogP contribution >= 0.6 is 8.25 Å². The van der Waals surface area contributed by atoms with Gasteiger partial charge in [0.15, 0.2) is 0 Å². The Morgan fingerprint density at radius 1 is 0.706 bits per heavy atom. The van der Waals surface area contributed by atoms with Crippen LogP contribution in [-0.2, 0) is 11.1 Å². The average molecular weight is 476 g/mol. The fourth-order valence-corrected chi connectivity index (χ4v) is 4.04. The molecule has 0 saturated carbocycles. The average Bonchev–Trinajstić information content (AvgIpc) is 3.25. The molecule has 0 fully saturated rings. The summed E-state index contributed by atoms with van der Waals surface area (Å²) in [6, 6.07) is 31.9. The fraction of sp³-hybridized carbons (Fsp3) is 0.250. The van der Waals surface area contributed by atoms with Gasteiger partial charge >= 0.3 is 8.25 Å². The second-order valence-corrected chi connectivity index (χ2v) is 8.55. The molecule has 0 radical (unpaired) electrons. The van der Waals surface area contributed by atoms with Crippen LogP contribution in [0.2, 0.25) is 0 Å². The highest BCUT2D eigenvalue weighted by molar-refractivity contribution is 7.30. The molecule has 0 spiro atoms. The van der Waals surface area contributed by atoms with Gasteiger partial charge in [0.2, 0.25) is 0 Å². The van der Waals surface area contributed by atoms with Crippen molar-refractivity contribution in [2.24, 2.45) is 0 Å². The van der Waals surface area contributed by atoms with E-state index in [1.165, 1.54) is 54.5 Å². The first-order valence-corrected chi connectivity index (χ1v) is 12.9. The van der Waals surface area contributed by atoms with Crippen LogP contribution in [0, 0.1) is 0 Å². The Morgan fingerprint density at radius 3 is 1.71 bits per heavy atom. The Kier molecular flexibility index (Phi) is 10.2. The smallest absolute Gasteiger partial charge is 0.323 e. The third-order valence-electron chi connectivity index (χ3n) is 5.58. The second-order valence-electron chi connectivity index (χ2n) is 8.05. The third-order valence-corrected chi connectivity index (χ3v) is 5.58. The molecule has 4 aromatic rings. The van der Waals surface area contributed by atoms with E-state index < -0.39 is 8.25 Å². The third kappa shape index (κ3) is 7.19. The van der Waals surface area contributed by atoms with Gasteiger partial charge in [-0.2, -0.15) is 0 Å². The topological polar surface area (TPSA) is 75.4 Å². The van der Waals surface area contributed by atoms with Crippen LogP contribution in [0.25, 0.3) is 33.9 Å². The van der Waals surface area contributed by atoms with Crippen molar-refractivity contribution in [1.29, 1.82) is 0 Å². The van der Waals surface area contributed by atoms with Crippen molar-refractivity contribution >= 4 is 8.25 Å². The van der Waals surface area contributed by atoms with Gasteiger partial charge in [0, 0.05) is 27.8 Å². The molecule has 0 amide bonds. The molecule has 0 saturated heterocycles. The molecule has 0 unspecified atom stereocenters. The van der Waals surface area contributed by atoms with Crippen LogP contribution in [0.3, 0.4) is 0 Å². The van der Waals surface area contributed by atoms with E-state index in [4.69, 9.17) is 19.3 Å². The van der Waals surface area contributed by atoms with Gasteiger partial charge in [-0.1, -0.05) is 124 Å². The first-order valence-electron chi connectivity index (χ1n) is 11.7. The lowest BCUT2D eigenvalue weighted by Gasteiger charge is -2.13. The van der Waals surface area contributed by atoms with Crippen molar-refractivity contribution in [2.75, 3.05) is 0 Å². The maximum Gasteiger partial charge on any atom is 0.692 e. The largest absolute Gasteiger partial charge is 0.692 e. The number of hydrogen-bond acceptors (Lipinski definition) is 2. The lowest BCUT2D eigenvalue weighted by Crippen LogP contribution is -2.03. The number of aromatic nitrogens is 2. The van der Waals surface area contributed by atoms with E-state index in [1.807, 2.05) is 0 Å². The van der Waals surface area contributed by atoms with E-state index in [1.54, 1.807) is 0 Å². The summed E-state index contributed by atoms with van der Waals surface area (Å²) >= 11 is 0. The first-order chi connectivity index (χ1) is 16.6. The lowest BCUT2D eigenvalue weighted by molar-refractivity contribution is 0.405. The predicted molar refractivity (Wildman–Crippen MR) is 139 cm³/mol. The summed E-state index contributed by atoms with van der Waals surface area (Å²) in [5.74, 6) is 1.06. The molecule has 1 heterocycles. The van der Waals surface area contributed by atoms with Gasteiger partial charge in [-0.05, 0) is 6.42 Å². The van der Waals surface area contributed by atoms with Crippen LogP contribution in [0.1, 0.15) is 39.0 Å². The van der Waals surface area contributed by atoms with E-state index in [0.29, 0.717) is 0 Å². The van der Waals surface area contributed by atoms with Crippen molar-refractivity contribution in [3.05, 3.63) is 91.0 Å². The summed E-state index contributed by atoms with van der Waals surface area (Å²) in [6.07, 6.45) is 6.32. The van der Waals surface area contributed by atoms with Crippen LogP contribution < -0.4 is 0 Å². The highest BCUT2D eigenvalue weighted by Crippen LogP contribution is 2.36. The molecule has 0 atom stereocenters. The highest BCUT2D eigenvalue weighted by Gasteiger charge is 2.20. The van der Waals surface area contributed by atoms with Crippen molar-refractivity contribution in [2.45, 2.75) is 45.6 Å². The highest BCUT2D eigenvalue weighted by atomic mass is 31.1. The van der Waals surface area contributed by atoms with Crippen molar-refractivity contribution in [3.8, 4) is 33.9 Å². The summed E-state index contributed by atoms with van der Waals surface area (Å²) in [5.41, 5.74) is 5.84. The zero-order chi connectivity index (χ0) is 24.2. The summed E-state index contributed by atoms with van der Waals surface area (Å²) < 4.78 is 11.1. The number of imidazole rings is 1. The van der Waals surface area contributed by atoms with E-state index in [-0.39, 0.29) is 0 Å². The van der Waals surface area contributed by atoms with Crippen molar-refractivity contribution in [3.63, 3.8) is 0 Å². The van der Waals surface area contributed by atoms with E-state index >= 15 is 0 Å². The molecule has 6 heteroatoms. The summed E-state index contributed by atoms with van der Waals surface area (Å²) in [4.78, 5) is 19.4. The van der Waals surface area contributed by atoms with Gasteiger partial charge in [-0.3, -0.25) is 0 Å². The minimum Gasteiger partial charge on any atom is -0.323 e. The van der Waals surface area contributed by atoms with Crippen LogP contribution in [0.4, 0.5) is 0 Å². The lowest BCUT2D eigenvalue weighted by atomic mass is 10.0. The Balaban J connectivity index is 0.000000751. The minimum absolute atomic E-state index is 0.984.